The Kier molecular flexibility index (Phi) is 27.7. The van der Waals surface area contributed by atoms with Gasteiger partial charge in [0.25, 0.3) is 0 Å². The van der Waals surface area contributed by atoms with Gasteiger partial charge in [-0.05, 0) is 71.9 Å². The summed E-state index contributed by atoms with van der Waals surface area (Å²) in [6.07, 6.45) is 35.1. The monoisotopic (exact) mass is 548 g/mol. The van der Waals surface area contributed by atoms with E-state index in [1.54, 1.807) is 0 Å². The third kappa shape index (κ3) is 28.8. The van der Waals surface area contributed by atoms with E-state index in [9.17, 15) is 4.79 Å². The average Bonchev–Trinajstić information content (AvgIpc) is 2.87. The van der Waals surface area contributed by atoms with Crippen LogP contribution >= 0.6 is 21.6 Å². The molecular formula is C31H52N2O2S2. The fraction of sp³-hybridized carbons (Fsp3) is 0.581. The van der Waals surface area contributed by atoms with Crippen molar-refractivity contribution in [1.29, 1.82) is 0 Å². The zero-order valence-corrected chi connectivity index (χ0v) is 25.4. The van der Waals surface area contributed by atoms with Crippen LogP contribution in [-0.4, -0.2) is 55.8 Å². The number of unbranched alkanes of at least 4 members (excludes halogenated alkanes) is 1. The zero-order chi connectivity index (χ0) is 27.2. The number of carbonyl (C=O) groups excluding carboxylic acids is 1. The van der Waals surface area contributed by atoms with E-state index < -0.39 is 0 Å². The first kappa shape index (κ1) is 35.4. The number of amides is 1. The highest BCUT2D eigenvalue weighted by molar-refractivity contribution is 8.76. The van der Waals surface area contributed by atoms with E-state index in [4.69, 9.17) is 4.74 Å². The molecule has 1 atom stereocenters. The van der Waals surface area contributed by atoms with Crippen LogP contribution in [0.1, 0.15) is 71.6 Å². The van der Waals surface area contributed by atoms with Crippen LogP contribution in [0.3, 0.4) is 0 Å². The minimum Gasteiger partial charge on any atom is -0.449 e. The molecule has 0 aromatic heterocycles. The predicted molar refractivity (Wildman–Crippen MR) is 169 cm³/mol. The number of nitrogens with zero attached hydrogens (tertiary/aromatic N) is 1. The van der Waals surface area contributed by atoms with Crippen LogP contribution in [0.25, 0.3) is 0 Å². The first-order valence-electron chi connectivity index (χ1n) is 13.8. The van der Waals surface area contributed by atoms with E-state index in [0.29, 0.717) is 6.61 Å². The molecule has 0 radical (unpaired) electrons. The number of nitrogens with one attached hydrogen (secondary N) is 1. The van der Waals surface area contributed by atoms with E-state index in [2.05, 4.69) is 97.0 Å². The van der Waals surface area contributed by atoms with E-state index in [1.807, 2.05) is 35.7 Å². The molecule has 0 heterocycles. The molecule has 0 aliphatic heterocycles. The van der Waals surface area contributed by atoms with Gasteiger partial charge in [-0.25, -0.2) is 4.79 Å². The van der Waals surface area contributed by atoms with Crippen LogP contribution in [0.4, 0.5) is 4.79 Å². The minimum absolute atomic E-state index is 0.0706. The Balaban J connectivity index is 3.92. The maximum atomic E-state index is 12.2. The Bertz CT molecular complexity index is 697. The summed E-state index contributed by atoms with van der Waals surface area (Å²) in [4.78, 5) is 14.3. The highest BCUT2D eigenvalue weighted by atomic mass is 33.1. The molecule has 0 aliphatic rings. The van der Waals surface area contributed by atoms with Crippen molar-refractivity contribution in [3.05, 3.63) is 72.9 Å². The van der Waals surface area contributed by atoms with Crippen molar-refractivity contribution in [2.45, 2.75) is 77.7 Å². The van der Waals surface area contributed by atoms with Gasteiger partial charge in [0, 0.05) is 18.1 Å². The lowest BCUT2D eigenvalue weighted by Gasteiger charge is -2.21. The molecule has 37 heavy (non-hydrogen) atoms. The summed E-state index contributed by atoms with van der Waals surface area (Å²) in [6.45, 7) is 5.50. The molecule has 0 saturated heterocycles. The average molecular weight is 549 g/mol. The van der Waals surface area contributed by atoms with Crippen molar-refractivity contribution in [1.82, 2.24) is 10.2 Å². The van der Waals surface area contributed by atoms with Gasteiger partial charge in [-0.2, -0.15) is 0 Å². The van der Waals surface area contributed by atoms with E-state index in [1.165, 1.54) is 6.42 Å². The molecular weight excluding hydrogens is 496 g/mol. The third-order valence-electron chi connectivity index (χ3n) is 4.94. The molecule has 0 aromatic rings. The molecule has 6 heteroatoms. The van der Waals surface area contributed by atoms with E-state index in [-0.39, 0.29) is 12.1 Å². The van der Waals surface area contributed by atoms with Crippen molar-refractivity contribution in [2.24, 2.45) is 0 Å². The van der Waals surface area contributed by atoms with Gasteiger partial charge in [0.15, 0.2) is 0 Å². The molecule has 0 aromatic carbocycles. The predicted octanol–water partition coefficient (Wildman–Crippen LogP) is 8.91. The number of hydrogen-bond donors (Lipinski definition) is 1. The van der Waals surface area contributed by atoms with E-state index >= 15 is 0 Å². The Morgan fingerprint density at radius 3 is 1.81 bits per heavy atom. The summed E-state index contributed by atoms with van der Waals surface area (Å²) in [5.41, 5.74) is 0. The van der Waals surface area contributed by atoms with Crippen LogP contribution in [0, 0.1) is 0 Å². The normalized spacial score (nSPS) is 13.5. The molecule has 1 N–H and O–H groups in total. The topological polar surface area (TPSA) is 41.6 Å². The molecule has 210 valence electrons. The summed E-state index contributed by atoms with van der Waals surface area (Å²) in [6, 6.07) is 0.0706. The number of hydrogen-bond acceptors (Lipinski definition) is 5. The van der Waals surface area contributed by atoms with Crippen molar-refractivity contribution in [3.63, 3.8) is 0 Å². The number of allylic oxidation sites excluding steroid dienone is 11. The number of rotatable bonds is 23. The quantitative estimate of drug-likeness (QED) is 0.0784. The Hall–Kier alpha value is -1.63. The molecule has 0 aliphatic carbocycles. The van der Waals surface area contributed by atoms with Crippen molar-refractivity contribution >= 4 is 27.7 Å². The number of likely N-dealkylation sites (N-methyl/N-ethyl adjacent to an activating group) is 1. The molecule has 0 fully saturated rings. The van der Waals surface area contributed by atoms with Crippen LogP contribution < -0.4 is 5.32 Å². The van der Waals surface area contributed by atoms with Gasteiger partial charge in [-0.15, -0.1) is 0 Å². The fourth-order valence-corrected chi connectivity index (χ4v) is 5.45. The lowest BCUT2D eigenvalue weighted by atomic mass is 10.2. The minimum atomic E-state index is -0.325. The Labute approximate surface area is 236 Å². The molecule has 0 rings (SSSR count). The maximum absolute atomic E-state index is 12.2. The molecule has 0 spiro atoms. The standard InChI is InChI=1S/C31H52N2O2S2/c1-5-7-9-11-13-15-17-19-21-23-25-27-36-37-29-30(28-33(3)4)32-31(34)35-26-24-22-20-18-16-14-12-10-8-6-2/h7-10,13-16,19-22,30H,5-6,11-12,17-18,23-29H2,1-4H3,(H,32,34)/b9-7-,10-8-,15-13-,16-14-,21-19-,22-20-. The SMILES string of the molecule is CC/C=C\C/C=C\C/C=C\CCCSSCC(CN(C)C)NC(=O)OCC/C=C\C/C=C\C/C=C\CC. The second-order valence-corrected chi connectivity index (χ2v) is 11.5. The van der Waals surface area contributed by atoms with Crippen molar-refractivity contribution in [3.8, 4) is 0 Å². The largest absolute Gasteiger partial charge is 0.449 e. The fourth-order valence-electron chi connectivity index (χ4n) is 3.11. The molecule has 0 saturated carbocycles. The number of carbonyl (C=O) groups is 1. The van der Waals surface area contributed by atoms with Crippen LogP contribution in [0.15, 0.2) is 72.9 Å². The van der Waals surface area contributed by atoms with Crippen molar-refractivity contribution in [2.75, 3.05) is 38.8 Å². The van der Waals surface area contributed by atoms with Gasteiger partial charge in [0.05, 0.1) is 12.6 Å². The van der Waals surface area contributed by atoms with Gasteiger partial charge in [-0.1, -0.05) is 108 Å². The molecule has 1 unspecified atom stereocenters. The summed E-state index contributed by atoms with van der Waals surface area (Å²) in [5, 5.41) is 3.03. The van der Waals surface area contributed by atoms with Gasteiger partial charge in [0.2, 0.25) is 0 Å². The van der Waals surface area contributed by atoms with Gasteiger partial charge < -0.3 is 15.0 Å². The summed E-state index contributed by atoms with van der Waals surface area (Å²) >= 11 is 0. The zero-order valence-electron chi connectivity index (χ0n) is 23.8. The highest BCUT2D eigenvalue weighted by Gasteiger charge is 2.14. The molecule has 4 nitrogen and oxygen atoms in total. The van der Waals surface area contributed by atoms with Crippen LogP contribution in [-0.2, 0) is 4.74 Å². The molecule has 1 amide bonds. The lowest BCUT2D eigenvalue weighted by molar-refractivity contribution is 0.143. The third-order valence-corrected chi connectivity index (χ3v) is 7.50. The van der Waals surface area contributed by atoms with Crippen molar-refractivity contribution < 1.29 is 9.53 Å². The Morgan fingerprint density at radius 2 is 1.27 bits per heavy atom. The second-order valence-electron chi connectivity index (χ2n) is 8.86. The highest BCUT2D eigenvalue weighted by Crippen LogP contribution is 2.23. The Morgan fingerprint density at radius 1 is 0.757 bits per heavy atom. The molecule has 0 bridgehead atoms. The summed E-state index contributed by atoms with van der Waals surface area (Å²) in [5.74, 6) is 1.98. The maximum Gasteiger partial charge on any atom is 0.407 e. The first-order valence-corrected chi connectivity index (χ1v) is 16.3. The number of ether oxygens (including phenoxy) is 1. The first-order chi connectivity index (χ1) is 18.1. The van der Waals surface area contributed by atoms with Crippen LogP contribution in [0.5, 0.6) is 0 Å². The van der Waals surface area contributed by atoms with Crippen LogP contribution in [0.2, 0.25) is 0 Å². The van der Waals surface area contributed by atoms with Gasteiger partial charge in [-0.3, -0.25) is 0 Å². The second kappa shape index (κ2) is 28.9. The summed E-state index contributed by atoms with van der Waals surface area (Å²) in [7, 11) is 7.77. The number of alkyl carbamates (subject to hydrolysis) is 1. The van der Waals surface area contributed by atoms with Gasteiger partial charge in [0.1, 0.15) is 0 Å². The smallest absolute Gasteiger partial charge is 0.407 e. The van der Waals surface area contributed by atoms with Gasteiger partial charge >= 0.3 is 6.09 Å². The summed E-state index contributed by atoms with van der Waals surface area (Å²) < 4.78 is 5.37. The van der Waals surface area contributed by atoms with E-state index in [0.717, 1.165) is 69.4 Å². The lowest BCUT2D eigenvalue weighted by Crippen LogP contribution is -2.43.